The molecule has 4 heteroatoms. The number of hydrogen-bond donors (Lipinski definition) is 1. The van der Waals surface area contributed by atoms with Crippen LogP contribution in [-0.2, 0) is 5.41 Å². The van der Waals surface area contributed by atoms with Crippen molar-refractivity contribution in [3.63, 3.8) is 0 Å². The van der Waals surface area contributed by atoms with Crippen molar-refractivity contribution in [2.24, 2.45) is 0 Å². The lowest BCUT2D eigenvalue weighted by molar-refractivity contribution is 0.440. The van der Waals surface area contributed by atoms with Crippen molar-refractivity contribution in [1.29, 1.82) is 0 Å². The molecule has 1 aromatic carbocycles. The average Bonchev–Trinajstić information content (AvgIpc) is 2.33. The molecule has 2 rings (SSSR count). The van der Waals surface area contributed by atoms with Gasteiger partial charge in [-0.25, -0.2) is 9.97 Å². The van der Waals surface area contributed by atoms with Gasteiger partial charge in [-0.1, -0.05) is 38.5 Å². The summed E-state index contributed by atoms with van der Waals surface area (Å²) < 4.78 is 5.82. The van der Waals surface area contributed by atoms with Crippen LogP contribution in [0.2, 0.25) is 0 Å². The molecule has 0 aliphatic heterocycles. The number of nitrogens with two attached hydrogens (primary N) is 1. The van der Waals surface area contributed by atoms with Crippen LogP contribution in [0.4, 0.5) is 5.82 Å². The van der Waals surface area contributed by atoms with Gasteiger partial charge >= 0.3 is 0 Å². The van der Waals surface area contributed by atoms with Crippen LogP contribution in [0.1, 0.15) is 31.9 Å². The Balaban J connectivity index is 2.44. The molecular formula is C15H19N3O. The zero-order valence-electron chi connectivity index (χ0n) is 11.8. The van der Waals surface area contributed by atoms with E-state index in [1.165, 1.54) is 5.56 Å². The summed E-state index contributed by atoms with van der Waals surface area (Å²) in [7, 11) is 0. The molecule has 0 atom stereocenters. The third-order valence-electron chi connectivity index (χ3n) is 2.84. The third kappa shape index (κ3) is 3.02. The van der Waals surface area contributed by atoms with Crippen molar-refractivity contribution in [2.45, 2.75) is 33.1 Å². The molecule has 1 heterocycles. The molecule has 19 heavy (non-hydrogen) atoms. The number of hydrogen-bond acceptors (Lipinski definition) is 4. The fourth-order valence-corrected chi connectivity index (χ4v) is 1.84. The summed E-state index contributed by atoms with van der Waals surface area (Å²) >= 11 is 0. The Bertz CT molecular complexity index is 588. The molecule has 0 aliphatic carbocycles. The maximum Gasteiger partial charge on any atom is 0.262 e. The summed E-state index contributed by atoms with van der Waals surface area (Å²) in [5.74, 6) is 1.41. The van der Waals surface area contributed by atoms with Crippen molar-refractivity contribution in [3.8, 4) is 11.6 Å². The van der Waals surface area contributed by atoms with E-state index in [4.69, 9.17) is 10.5 Å². The normalized spacial score (nSPS) is 11.4. The largest absolute Gasteiger partial charge is 0.436 e. The SMILES string of the molecule is Cc1ccc(Oc2nccnc2N)c(C(C)(C)C)c1. The summed E-state index contributed by atoms with van der Waals surface area (Å²) in [4.78, 5) is 8.08. The molecule has 0 saturated carbocycles. The number of nitrogen functional groups attached to an aromatic ring is 1. The van der Waals surface area contributed by atoms with Crippen molar-refractivity contribution < 1.29 is 4.74 Å². The van der Waals surface area contributed by atoms with Gasteiger partial charge in [0.15, 0.2) is 5.82 Å². The van der Waals surface area contributed by atoms with E-state index in [9.17, 15) is 0 Å². The Morgan fingerprint density at radius 1 is 1.11 bits per heavy atom. The number of aromatic nitrogens is 2. The van der Waals surface area contributed by atoms with Gasteiger partial charge in [0.05, 0.1) is 0 Å². The first-order chi connectivity index (χ1) is 8.88. The molecule has 0 saturated heterocycles. The molecule has 0 unspecified atom stereocenters. The Morgan fingerprint density at radius 3 is 2.42 bits per heavy atom. The zero-order valence-corrected chi connectivity index (χ0v) is 11.8. The van der Waals surface area contributed by atoms with Gasteiger partial charge in [-0.2, -0.15) is 0 Å². The first-order valence-corrected chi connectivity index (χ1v) is 6.23. The molecule has 0 aliphatic rings. The Morgan fingerprint density at radius 2 is 1.79 bits per heavy atom. The number of ether oxygens (including phenoxy) is 1. The molecule has 1 aromatic heterocycles. The fraction of sp³-hybridized carbons (Fsp3) is 0.333. The van der Waals surface area contributed by atoms with E-state index in [-0.39, 0.29) is 5.41 Å². The molecule has 0 bridgehead atoms. The van der Waals surface area contributed by atoms with Gasteiger partial charge in [0.1, 0.15) is 5.75 Å². The molecule has 0 radical (unpaired) electrons. The van der Waals surface area contributed by atoms with E-state index in [1.54, 1.807) is 12.4 Å². The van der Waals surface area contributed by atoms with E-state index in [0.717, 1.165) is 11.3 Å². The predicted molar refractivity (Wildman–Crippen MR) is 76.4 cm³/mol. The molecular weight excluding hydrogens is 238 g/mol. The Kier molecular flexibility index (Phi) is 3.42. The number of nitrogens with zero attached hydrogens (tertiary/aromatic N) is 2. The molecule has 100 valence electrons. The minimum Gasteiger partial charge on any atom is -0.436 e. The summed E-state index contributed by atoms with van der Waals surface area (Å²) in [6, 6.07) is 6.09. The highest BCUT2D eigenvalue weighted by Crippen LogP contribution is 2.35. The molecule has 0 spiro atoms. The molecule has 0 amide bonds. The quantitative estimate of drug-likeness (QED) is 0.895. The Labute approximate surface area is 113 Å². The maximum atomic E-state index is 5.82. The van der Waals surface area contributed by atoms with Crippen LogP contribution in [0.25, 0.3) is 0 Å². The van der Waals surface area contributed by atoms with Gasteiger partial charge in [-0.05, 0) is 18.4 Å². The lowest BCUT2D eigenvalue weighted by Crippen LogP contribution is -2.13. The van der Waals surface area contributed by atoms with Gasteiger partial charge in [-0.15, -0.1) is 0 Å². The van der Waals surface area contributed by atoms with Gasteiger partial charge in [0.2, 0.25) is 0 Å². The lowest BCUT2D eigenvalue weighted by Gasteiger charge is -2.23. The average molecular weight is 257 g/mol. The second kappa shape index (κ2) is 4.88. The zero-order chi connectivity index (χ0) is 14.0. The van der Waals surface area contributed by atoms with Gasteiger partial charge < -0.3 is 10.5 Å². The molecule has 0 fully saturated rings. The standard InChI is InChI=1S/C15H19N3O/c1-10-5-6-12(11(9-10)15(2,3)4)19-14-13(16)17-7-8-18-14/h5-9H,1-4H3,(H2,16,17). The second-order valence-electron chi connectivity index (χ2n) is 5.60. The highest BCUT2D eigenvalue weighted by Gasteiger charge is 2.20. The maximum absolute atomic E-state index is 5.82. The minimum absolute atomic E-state index is 0.0156. The van der Waals surface area contributed by atoms with Gasteiger partial charge in [0.25, 0.3) is 5.88 Å². The van der Waals surface area contributed by atoms with Crippen LogP contribution in [0.15, 0.2) is 30.6 Å². The van der Waals surface area contributed by atoms with Crippen LogP contribution in [0, 0.1) is 6.92 Å². The predicted octanol–water partition coefficient (Wildman–Crippen LogP) is 3.46. The molecule has 4 nitrogen and oxygen atoms in total. The van der Waals surface area contributed by atoms with Crippen molar-refractivity contribution in [1.82, 2.24) is 9.97 Å². The van der Waals surface area contributed by atoms with Crippen LogP contribution < -0.4 is 10.5 Å². The van der Waals surface area contributed by atoms with Crippen LogP contribution in [-0.4, -0.2) is 9.97 Å². The molecule has 2 aromatic rings. The van der Waals surface area contributed by atoms with Crippen molar-refractivity contribution in [2.75, 3.05) is 5.73 Å². The van der Waals surface area contributed by atoms with Crippen molar-refractivity contribution >= 4 is 5.82 Å². The fourth-order valence-electron chi connectivity index (χ4n) is 1.84. The highest BCUT2D eigenvalue weighted by molar-refractivity contribution is 5.47. The van der Waals surface area contributed by atoms with Gasteiger partial charge in [0, 0.05) is 18.0 Å². The van der Waals surface area contributed by atoms with E-state index < -0.39 is 0 Å². The van der Waals surface area contributed by atoms with Crippen molar-refractivity contribution in [3.05, 3.63) is 41.7 Å². The topological polar surface area (TPSA) is 61.0 Å². The van der Waals surface area contributed by atoms with Crippen LogP contribution >= 0.6 is 0 Å². The first kappa shape index (κ1) is 13.3. The van der Waals surface area contributed by atoms with Crippen LogP contribution in [0.5, 0.6) is 11.6 Å². The number of anilines is 1. The van der Waals surface area contributed by atoms with Crippen LogP contribution in [0.3, 0.4) is 0 Å². The molecule has 2 N–H and O–H groups in total. The highest BCUT2D eigenvalue weighted by atomic mass is 16.5. The number of aryl methyl sites for hydroxylation is 1. The number of rotatable bonds is 2. The van der Waals surface area contributed by atoms with E-state index in [1.807, 2.05) is 12.1 Å². The van der Waals surface area contributed by atoms with E-state index in [0.29, 0.717) is 11.7 Å². The first-order valence-electron chi connectivity index (χ1n) is 6.23. The monoisotopic (exact) mass is 257 g/mol. The van der Waals surface area contributed by atoms with E-state index >= 15 is 0 Å². The second-order valence-corrected chi connectivity index (χ2v) is 5.60. The third-order valence-corrected chi connectivity index (χ3v) is 2.84. The number of benzene rings is 1. The smallest absolute Gasteiger partial charge is 0.262 e. The summed E-state index contributed by atoms with van der Waals surface area (Å²) in [6.45, 7) is 8.51. The summed E-state index contributed by atoms with van der Waals surface area (Å²) in [5, 5.41) is 0. The summed E-state index contributed by atoms with van der Waals surface area (Å²) in [6.07, 6.45) is 3.11. The summed E-state index contributed by atoms with van der Waals surface area (Å²) in [5.41, 5.74) is 8.06. The van der Waals surface area contributed by atoms with Gasteiger partial charge in [-0.3, -0.25) is 0 Å². The lowest BCUT2D eigenvalue weighted by atomic mass is 9.85. The van der Waals surface area contributed by atoms with E-state index in [2.05, 4.69) is 43.7 Å². The Hall–Kier alpha value is -2.10. The minimum atomic E-state index is -0.0156.